The van der Waals surface area contributed by atoms with Crippen LogP contribution in [0.15, 0.2) is 30.5 Å². The number of nitrogens with zero attached hydrogens (tertiary/aromatic N) is 3. The van der Waals surface area contributed by atoms with E-state index in [1.807, 2.05) is 36.1 Å². The van der Waals surface area contributed by atoms with Gasteiger partial charge in [0, 0.05) is 78.2 Å². The predicted molar refractivity (Wildman–Crippen MR) is 137 cm³/mol. The predicted octanol–water partition coefficient (Wildman–Crippen LogP) is 3.56. The first-order valence-corrected chi connectivity index (χ1v) is 13.3. The molecule has 0 saturated carbocycles. The van der Waals surface area contributed by atoms with Crippen molar-refractivity contribution in [2.45, 2.75) is 38.3 Å². The van der Waals surface area contributed by atoms with E-state index >= 15 is 0 Å². The summed E-state index contributed by atoms with van der Waals surface area (Å²) in [5, 5.41) is 3.84. The molecule has 2 fully saturated rings. The van der Waals surface area contributed by atoms with Gasteiger partial charge < -0.3 is 15.0 Å². The molecule has 3 aromatic rings. The molecule has 0 bridgehead atoms. The number of rotatable bonds is 4. The van der Waals surface area contributed by atoms with E-state index in [0.717, 1.165) is 44.9 Å². The number of carbonyl (C=O) groups is 3. The number of hydrogen-bond donors (Lipinski definition) is 1. The van der Waals surface area contributed by atoms with Crippen molar-refractivity contribution < 1.29 is 19.1 Å². The van der Waals surface area contributed by atoms with Gasteiger partial charge in [-0.2, -0.15) is 0 Å². The van der Waals surface area contributed by atoms with Crippen LogP contribution in [0.2, 0.25) is 5.02 Å². The van der Waals surface area contributed by atoms with Crippen molar-refractivity contribution in [2.24, 2.45) is 0 Å². The number of amides is 3. The summed E-state index contributed by atoms with van der Waals surface area (Å²) in [7, 11) is 0. The van der Waals surface area contributed by atoms with Crippen molar-refractivity contribution in [3.63, 3.8) is 0 Å². The van der Waals surface area contributed by atoms with Gasteiger partial charge in [-0.1, -0.05) is 11.6 Å². The SMILES string of the molecule is C[C@H](c1cc2nccc(-c3cc(Cl)cc4c3O[C@@H](C(=O)N3CCNCC3)C4)c2s1)N1C(=O)CCC1=O. The molecule has 0 radical (unpaired) electrons. The van der Waals surface area contributed by atoms with Crippen molar-refractivity contribution in [3.05, 3.63) is 45.9 Å². The Bertz CT molecular complexity index is 1380. The zero-order valence-corrected chi connectivity index (χ0v) is 21.3. The topological polar surface area (TPSA) is 91.8 Å². The van der Waals surface area contributed by atoms with E-state index in [2.05, 4.69) is 10.3 Å². The van der Waals surface area contributed by atoms with E-state index in [4.69, 9.17) is 16.3 Å². The third-order valence-corrected chi connectivity index (χ3v) is 8.66. The zero-order chi connectivity index (χ0) is 25.0. The Hall–Kier alpha value is -3.01. The molecule has 1 aromatic carbocycles. The second-order valence-electron chi connectivity index (χ2n) is 9.38. The van der Waals surface area contributed by atoms with Gasteiger partial charge in [0.25, 0.3) is 5.91 Å². The second kappa shape index (κ2) is 9.14. The number of thiophene rings is 1. The lowest BCUT2D eigenvalue weighted by Gasteiger charge is -2.29. The summed E-state index contributed by atoms with van der Waals surface area (Å²) in [5.74, 6) is 0.397. The van der Waals surface area contributed by atoms with Crippen molar-refractivity contribution in [3.8, 4) is 16.9 Å². The van der Waals surface area contributed by atoms with Crippen LogP contribution in [0.3, 0.4) is 0 Å². The van der Waals surface area contributed by atoms with Crippen LogP contribution in [0.5, 0.6) is 5.75 Å². The molecular weight excluding hydrogens is 500 g/mol. The number of benzene rings is 1. The molecule has 8 nitrogen and oxygen atoms in total. The van der Waals surface area contributed by atoms with Gasteiger partial charge in [-0.25, -0.2) is 0 Å². The first-order valence-electron chi connectivity index (χ1n) is 12.1. The molecule has 0 aliphatic carbocycles. The number of carbonyl (C=O) groups excluding carboxylic acids is 3. The number of halogens is 1. The molecule has 2 saturated heterocycles. The first-order chi connectivity index (χ1) is 17.4. The van der Waals surface area contributed by atoms with Gasteiger partial charge in [0.1, 0.15) is 5.75 Å². The number of nitrogens with one attached hydrogen (secondary N) is 1. The molecule has 2 aromatic heterocycles. The van der Waals surface area contributed by atoms with Crippen molar-refractivity contribution in [1.82, 2.24) is 20.1 Å². The summed E-state index contributed by atoms with van der Waals surface area (Å²) in [6.07, 6.45) is 2.16. The van der Waals surface area contributed by atoms with Crippen molar-refractivity contribution >= 4 is 50.9 Å². The van der Waals surface area contributed by atoms with Gasteiger partial charge in [-0.15, -0.1) is 11.3 Å². The highest BCUT2D eigenvalue weighted by atomic mass is 35.5. The van der Waals surface area contributed by atoms with Crippen molar-refractivity contribution in [1.29, 1.82) is 0 Å². The number of fused-ring (bicyclic) bond motifs is 2. The zero-order valence-electron chi connectivity index (χ0n) is 19.8. The average Bonchev–Trinajstić information content (AvgIpc) is 3.59. The number of pyridine rings is 1. The maximum absolute atomic E-state index is 13.1. The normalized spacial score (nSPS) is 20.7. The Kier molecular flexibility index (Phi) is 5.94. The second-order valence-corrected chi connectivity index (χ2v) is 10.9. The monoisotopic (exact) mass is 524 g/mol. The fourth-order valence-corrected chi connectivity index (χ4v) is 6.71. The quantitative estimate of drug-likeness (QED) is 0.525. The minimum atomic E-state index is -0.571. The van der Waals surface area contributed by atoms with E-state index in [1.165, 1.54) is 16.2 Å². The highest BCUT2D eigenvalue weighted by molar-refractivity contribution is 7.19. The Labute approximate surface area is 217 Å². The molecule has 0 spiro atoms. The Morgan fingerprint density at radius 3 is 2.67 bits per heavy atom. The first kappa shape index (κ1) is 23.4. The lowest BCUT2D eigenvalue weighted by Crippen LogP contribution is -2.50. The standard InChI is InChI=1S/C26H25ClN4O4S/c1-14(31-22(32)2-3-23(31)33)21-13-19-25(36-21)17(4-5-29-19)18-12-16(27)10-15-11-20(35-24(15)18)26(34)30-8-6-28-7-9-30/h4-5,10,12-14,20,28H,2-3,6-9,11H2,1H3/t14-,20-/m1/s1. The van der Waals surface area contributed by atoms with E-state index < -0.39 is 6.10 Å². The molecular formula is C26H25ClN4O4S. The molecule has 3 amide bonds. The molecule has 6 rings (SSSR count). The Morgan fingerprint density at radius 2 is 1.92 bits per heavy atom. The summed E-state index contributed by atoms with van der Waals surface area (Å²) >= 11 is 8.04. The van der Waals surface area contributed by atoms with Crippen LogP contribution in [-0.2, 0) is 20.8 Å². The van der Waals surface area contributed by atoms with Gasteiger partial charge in [0.05, 0.1) is 16.3 Å². The maximum Gasteiger partial charge on any atom is 0.264 e. The number of hydrogen-bond acceptors (Lipinski definition) is 7. The van der Waals surface area contributed by atoms with E-state index in [1.54, 1.807) is 6.20 Å². The minimum Gasteiger partial charge on any atom is -0.479 e. The molecule has 36 heavy (non-hydrogen) atoms. The molecule has 3 aliphatic rings. The van der Waals surface area contributed by atoms with Crippen LogP contribution in [0.1, 0.15) is 36.2 Å². The number of ether oxygens (including phenoxy) is 1. The molecule has 1 N–H and O–H groups in total. The van der Waals surface area contributed by atoms with Gasteiger partial charge in [0.15, 0.2) is 6.10 Å². The molecule has 186 valence electrons. The van der Waals surface area contributed by atoms with E-state index in [0.29, 0.717) is 30.3 Å². The van der Waals surface area contributed by atoms with Crippen LogP contribution in [0.4, 0.5) is 0 Å². The molecule has 0 unspecified atom stereocenters. The fraction of sp³-hybridized carbons (Fsp3) is 0.385. The average molecular weight is 525 g/mol. The molecule has 2 atom stereocenters. The summed E-state index contributed by atoms with van der Waals surface area (Å²) < 4.78 is 7.21. The third kappa shape index (κ3) is 3.95. The number of piperazine rings is 1. The van der Waals surface area contributed by atoms with Crippen LogP contribution in [0, 0.1) is 0 Å². The largest absolute Gasteiger partial charge is 0.479 e. The van der Waals surface area contributed by atoms with Crippen LogP contribution < -0.4 is 10.1 Å². The molecule has 10 heteroatoms. The lowest BCUT2D eigenvalue weighted by atomic mass is 10.0. The minimum absolute atomic E-state index is 0.00169. The van der Waals surface area contributed by atoms with Gasteiger partial charge in [-0.05, 0) is 31.2 Å². The summed E-state index contributed by atoms with van der Waals surface area (Å²) in [6, 6.07) is 7.23. The van der Waals surface area contributed by atoms with Gasteiger partial charge >= 0.3 is 0 Å². The summed E-state index contributed by atoms with van der Waals surface area (Å²) in [5.41, 5.74) is 3.40. The van der Waals surface area contributed by atoms with E-state index in [-0.39, 0.29) is 36.6 Å². The van der Waals surface area contributed by atoms with E-state index in [9.17, 15) is 14.4 Å². The smallest absolute Gasteiger partial charge is 0.264 e. The number of aromatic nitrogens is 1. The summed E-state index contributed by atoms with van der Waals surface area (Å²) in [4.78, 5) is 46.4. The molecule has 3 aliphatic heterocycles. The van der Waals surface area contributed by atoms with Crippen LogP contribution >= 0.6 is 22.9 Å². The van der Waals surface area contributed by atoms with Gasteiger partial charge in [-0.3, -0.25) is 24.3 Å². The maximum atomic E-state index is 13.1. The Morgan fingerprint density at radius 1 is 1.17 bits per heavy atom. The molecule has 5 heterocycles. The number of imide groups is 1. The van der Waals surface area contributed by atoms with Gasteiger partial charge in [0.2, 0.25) is 11.8 Å². The fourth-order valence-electron chi connectivity index (χ4n) is 5.28. The van der Waals surface area contributed by atoms with Crippen molar-refractivity contribution in [2.75, 3.05) is 26.2 Å². The lowest BCUT2D eigenvalue weighted by molar-refractivity contribution is -0.141. The van der Waals surface area contributed by atoms with Crippen LogP contribution in [-0.4, -0.2) is 64.8 Å². The third-order valence-electron chi connectivity index (χ3n) is 7.11. The summed E-state index contributed by atoms with van der Waals surface area (Å²) in [6.45, 7) is 4.78. The highest BCUT2D eigenvalue weighted by Crippen LogP contribution is 2.45. The Balaban J connectivity index is 1.36. The van der Waals surface area contributed by atoms with Crippen LogP contribution in [0.25, 0.3) is 21.3 Å². The number of likely N-dealkylation sites (tertiary alicyclic amines) is 1. The highest BCUT2D eigenvalue weighted by Gasteiger charge is 2.36.